The molecule has 6 unspecified atom stereocenters. The van der Waals surface area contributed by atoms with Crippen LogP contribution in [0.25, 0.3) is 10.9 Å². The number of oxime groups is 1. The van der Waals surface area contributed by atoms with Crippen LogP contribution < -0.4 is 9.47 Å². The maximum Gasteiger partial charge on any atom is 0.245 e. The van der Waals surface area contributed by atoms with Gasteiger partial charge in [-0.1, -0.05) is 61.3 Å². The van der Waals surface area contributed by atoms with Gasteiger partial charge in [0.25, 0.3) is 0 Å². The number of sulfonamides is 1. The third-order valence-electron chi connectivity index (χ3n) is 12.3. The van der Waals surface area contributed by atoms with Crippen molar-refractivity contribution in [3.63, 3.8) is 0 Å². The van der Waals surface area contributed by atoms with Crippen molar-refractivity contribution in [2.75, 3.05) is 33.0 Å². The van der Waals surface area contributed by atoms with Crippen LogP contribution in [0.15, 0.2) is 107 Å². The van der Waals surface area contributed by atoms with Crippen molar-refractivity contribution in [3.05, 3.63) is 114 Å². The molecule has 6 atom stereocenters. The van der Waals surface area contributed by atoms with E-state index >= 15 is 8.42 Å². The van der Waals surface area contributed by atoms with Gasteiger partial charge in [0.05, 0.1) is 35.5 Å². The molecule has 4 aromatic rings. The Balaban J connectivity index is 1.46. The Hall–Kier alpha value is -4.66. The molecule has 1 fully saturated rings. The summed E-state index contributed by atoms with van der Waals surface area (Å²) < 4.78 is 53.3. The standard InChI is InChI=1S/C48H60N4O8S/c1-5-25-52(61(55,56)43-21-13-17-34-18-14-24-49-47(34)43)44-31-41(51-59-7-3)39-29-35(16-8-10-26-53)38(20-9-11-27-54)45-40-30-37(57-32-36-19-12-15-33(4)50-36)22-23-42(40)60-48(44,46(39)45)58-28-6-2/h6,12-15,17-19,21-24,29-30,35,38,44-46,53-54H,2,5,7-11,16,20,25-28,31-32H2,1,3-4H3. The Morgan fingerprint density at radius 2 is 1.80 bits per heavy atom. The normalized spacial score (nSPS) is 23.9. The van der Waals surface area contributed by atoms with Crippen LogP contribution >= 0.6 is 0 Å². The summed E-state index contributed by atoms with van der Waals surface area (Å²) in [5.41, 5.74) is 4.60. The van der Waals surface area contributed by atoms with Gasteiger partial charge < -0.3 is 29.3 Å². The third kappa shape index (κ3) is 9.13. The molecule has 2 aromatic carbocycles. The summed E-state index contributed by atoms with van der Waals surface area (Å²) >= 11 is 0. The summed E-state index contributed by atoms with van der Waals surface area (Å²) in [5, 5.41) is 25.4. The molecule has 0 spiro atoms. The van der Waals surface area contributed by atoms with Crippen LogP contribution in [0.1, 0.15) is 88.1 Å². The van der Waals surface area contributed by atoms with E-state index in [-0.39, 0.29) is 62.0 Å². The lowest BCUT2D eigenvalue weighted by Gasteiger charge is -2.59. The summed E-state index contributed by atoms with van der Waals surface area (Å²) in [7, 11) is -4.26. The maximum absolute atomic E-state index is 15.4. The number of para-hydroxylation sites is 1. The van der Waals surface area contributed by atoms with Crippen LogP contribution in [-0.4, -0.2) is 83.4 Å². The molecule has 0 bridgehead atoms. The van der Waals surface area contributed by atoms with E-state index in [0.29, 0.717) is 48.6 Å². The molecule has 3 aliphatic rings. The van der Waals surface area contributed by atoms with Crippen molar-refractivity contribution in [2.45, 2.75) is 101 Å². The van der Waals surface area contributed by atoms with Crippen LogP contribution in [0.4, 0.5) is 0 Å². The smallest absolute Gasteiger partial charge is 0.245 e. The van der Waals surface area contributed by atoms with Gasteiger partial charge in [-0.25, -0.2) is 8.42 Å². The molecule has 2 N–H and O–H groups in total. The number of fused-ring (bicyclic) bond motifs is 3. The molecule has 13 heteroatoms. The van der Waals surface area contributed by atoms with Gasteiger partial charge in [0, 0.05) is 54.9 Å². The Morgan fingerprint density at radius 3 is 2.56 bits per heavy atom. The fourth-order valence-corrected chi connectivity index (χ4v) is 11.7. The molecular formula is C48H60N4O8S. The number of rotatable bonds is 21. The Kier molecular flexibility index (Phi) is 14.6. The van der Waals surface area contributed by atoms with E-state index in [1.807, 2.05) is 63.2 Å². The van der Waals surface area contributed by atoms with Gasteiger partial charge in [-0.2, -0.15) is 4.31 Å². The summed E-state index contributed by atoms with van der Waals surface area (Å²) in [5.74, 6) is -1.01. The number of hydrogen-bond acceptors (Lipinski definition) is 11. The van der Waals surface area contributed by atoms with Gasteiger partial charge in [-0.05, 0) is 106 Å². The predicted molar refractivity (Wildman–Crippen MR) is 236 cm³/mol. The summed E-state index contributed by atoms with van der Waals surface area (Å²) in [4.78, 5) is 15.2. The number of unbranched alkanes of at least 4 members (excludes halogenated alkanes) is 2. The van der Waals surface area contributed by atoms with E-state index in [0.717, 1.165) is 53.6 Å². The highest BCUT2D eigenvalue weighted by molar-refractivity contribution is 7.89. The van der Waals surface area contributed by atoms with Crippen molar-refractivity contribution in [2.24, 2.45) is 22.9 Å². The Morgan fingerprint density at radius 1 is 1.02 bits per heavy atom. The third-order valence-corrected chi connectivity index (χ3v) is 14.2. The van der Waals surface area contributed by atoms with Gasteiger partial charge >= 0.3 is 0 Å². The van der Waals surface area contributed by atoms with Gasteiger partial charge in [0.2, 0.25) is 15.8 Å². The Labute approximate surface area is 360 Å². The fraction of sp³-hybridized carbons (Fsp3) is 0.479. The lowest BCUT2D eigenvalue weighted by molar-refractivity contribution is -0.251. The summed E-state index contributed by atoms with van der Waals surface area (Å²) in [6.07, 6.45) is 10.8. The molecule has 61 heavy (non-hydrogen) atoms. The number of aryl methyl sites for hydroxylation is 1. The molecule has 0 amide bonds. The number of hydrogen-bond donors (Lipinski definition) is 2. The van der Waals surface area contributed by atoms with Gasteiger partial charge in [-0.15, -0.1) is 6.58 Å². The average Bonchev–Trinajstić information content (AvgIpc) is 3.27. The van der Waals surface area contributed by atoms with Crippen LogP contribution in [0, 0.1) is 24.7 Å². The minimum atomic E-state index is -4.26. The second-order valence-electron chi connectivity index (χ2n) is 16.2. The SMILES string of the molecule is C=CCOC12Oc3ccc(OCc4cccc(C)n4)cc3C3C(CCCCO)C(CCCCO)C=C(C(=NOCC)CC1N(CCC)S(=O)(=O)c1cccc4cccnc14)C32. The number of aliphatic hydroxyl groups excluding tert-OH is 2. The maximum atomic E-state index is 15.4. The second-order valence-corrected chi connectivity index (χ2v) is 18.1. The molecule has 326 valence electrons. The van der Waals surface area contributed by atoms with Gasteiger partial charge in [0.15, 0.2) is 0 Å². The fourth-order valence-electron chi connectivity index (χ4n) is 9.77. The first kappa shape index (κ1) is 44.4. The summed E-state index contributed by atoms with van der Waals surface area (Å²) in [6.45, 7) is 10.9. The van der Waals surface area contributed by atoms with Crippen LogP contribution in [-0.2, 0) is 26.2 Å². The highest BCUT2D eigenvalue weighted by atomic mass is 32.2. The topological polar surface area (TPSA) is 153 Å². The van der Waals surface area contributed by atoms with Gasteiger partial charge in [-0.3, -0.25) is 9.97 Å². The average molecular weight is 853 g/mol. The highest BCUT2D eigenvalue weighted by Gasteiger charge is 2.66. The van der Waals surface area contributed by atoms with E-state index < -0.39 is 27.8 Å². The van der Waals surface area contributed by atoms with Crippen LogP contribution in [0.5, 0.6) is 11.5 Å². The molecule has 2 aliphatic carbocycles. The van der Waals surface area contributed by atoms with Crippen molar-refractivity contribution >= 4 is 26.6 Å². The number of aromatic nitrogens is 2. The molecule has 3 heterocycles. The van der Waals surface area contributed by atoms with E-state index in [1.54, 1.807) is 34.8 Å². The van der Waals surface area contributed by atoms with Crippen molar-refractivity contribution in [3.8, 4) is 11.5 Å². The van der Waals surface area contributed by atoms with E-state index in [9.17, 15) is 10.2 Å². The minimum Gasteiger partial charge on any atom is -0.487 e. The first-order valence-corrected chi connectivity index (χ1v) is 23.3. The summed E-state index contributed by atoms with van der Waals surface area (Å²) in [6, 6.07) is 19.7. The van der Waals surface area contributed by atoms with Crippen molar-refractivity contribution < 1.29 is 37.7 Å². The zero-order chi connectivity index (χ0) is 43.0. The molecule has 12 nitrogen and oxygen atoms in total. The molecule has 2 aromatic heterocycles. The number of ether oxygens (including phenoxy) is 3. The monoisotopic (exact) mass is 852 g/mol. The zero-order valence-corrected chi connectivity index (χ0v) is 36.4. The quantitative estimate of drug-likeness (QED) is 0.0476. The van der Waals surface area contributed by atoms with E-state index in [2.05, 4.69) is 28.7 Å². The molecule has 7 rings (SSSR count). The van der Waals surface area contributed by atoms with Crippen molar-refractivity contribution in [1.29, 1.82) is 0 Å². The minimum absolute atomic E-state index is 0.0210. The molecule has 0 saturated heterocycles. The number of benzene rings is 2. The molecule has 1 saturated carbocycles. The molecular weight excluding hydrogens is 793 g/mol. The largest absolute Gasteiger partial charge is 0.487 e. The second kappa shape index (κ2) is 20.0. The number of pyridine rings is 2. The van der Waals surface area contributed by atoms with Crippen molar-refractivity contribution in [1.82, 2.24) is 14.3 Å². The predicted octanol–water partition coefficient (Wildman–Crippen LogP) is 8.27. The number of nitrogens with zero attached hydrogens (tertiary/aromatic N) is 4. The Bertz CT molecular complexity index is 2310. The first-order chi connectivity index (χ1) is 29.7. The van der Waals surface area contributed by atoms with Crippen LogP contribution in [0.3, 0.4) is 0 Å². The zero-order valence-electron chi connectivity index (χ0n) is 35.6. The molecule has 0 radical (unpaired) electrons. The number of allylic oxidation sites excluding steroid dienone is 1. The first-order valence-electron chi connectivity index (χ1n) is 21.8. The van der Waals surface area contributed by atoms with E-state index in [4.69, 9.17) is 24.2 Å². The highest BCUT2D eigenvalue weighted by Crippen LogP contribution is 2.62. The van der Waals surface area contributed by atoms with Gasteiger partial charge in [0.1, 0.15) is 29.6 Å². The lowest BCUT2D eigenvalue weighted by Crippen LogP contribution is -2.70. The lowest BCUT2D eigenvalue weighted by atomic mass is 9.55. The van der Waals surface area contributed by atoms with E-state index in [1.165, 1.54) is 0 Å². The van der Waals surface area contributed by atoms with Crippen LogP contribution in [0.2, 0.25) is 0 Å². The number of aliphatic hydroxyl groups is 2. The molecule has 1 aliphatic heterocycles.